The van der Waals surface area contributed by atoms with E-state index in [0.29, 0.717) is 0 Å². The standard InChI is InChI=1S/C10H13BrO2/c1-7-4-5-8(6-9(7)11)10(12-2)13-3/h4-6,10H,1-3H3. The van der Waals surface area contributed by atoms with Crippen molar-refractivity contribution in [3.63, 3.8) is 0 Å². The number of methoxy groups -OCH3 is 2. The third kappa shape index (κ3) is 2.53. The Labute approximate surface area is 87.0 Å². The lowest BCUT2D eigenvalue weighted by Crippen LogP contribution is -2.03. The zero-order chi connectivity index (χ0) is 9.84. The average Bonchev–Trinajstić information content (AvgIpc) is 2.13. The summed E-state index contributed by atoms with van der Waals surface area (Å²) in [6.45, 7) is 2.04. The highest BCUT2D eigenvalue weighted by molar-refractivity contribution is 9.10. The predicted octanol–water partition coefficient (Wildman–Crippen LogP) is 3.05. The molecule has 0 aromatic heterocycles. The number of hydrogen-bond acceptors (Lipinski definition) is 2. The van der Waals surface area contributed by atoms with Crippen LogP contribution < -0.4 is 0 Å². The Bertz CT molecular complexity index is 282. The topological polar surface area (TPSA) is 18.5 Å². The van der Waals surface area contributed by atoms with Crippen LogP contribution >= 0.6 is 15.9 Å². The number of rotatable bonds is 3. The number of hydrogen-bond donors (Lipinski definition) is 0. The Morgan fingerprint density at radius 1 is 1.23 bits per heavy atom. The van der Waals surface area contributed by atoms with Crippen molar-refractivity contribution < 1.29 is 9.47 Å². The van der Waals surface area contributed by atoms with Crippen molar-refractivity contribution in [3.8, 4) is 0 Å². The molecule has 1 aromatic carbocycles. The van der Waals surface area contributed by atoms with Crippen LogP contribution in [0.15, 0.2) is 22.7 Å². The maximum Gasteiger partial charge on any atom is 0.183 e. The molecule has 0 spiro atoms. The SMILES string of the molecule is COC(OC)c1ccc(C)c(Br)c1. The van der Waals surface area contributed by atoms with Crippen molar-refractivity contribution in [2.75, 3.05) is 14.2 Å². The minimum Gasteiger partial charge on any atom is -0.352 e. The third-order valence-corrected chi connectivity index (χ3v) is 2.75. The lowest BCUT2D eigenvalue weighted by Gasteiger charge is -2.14. The molecule has 0 aliphatic heterocycles. The second-order valence-corrected chi connectivity index (χ2v) is 3.67. The fourth-order valence-electron chi connectivity index (χ4n) is 1.12. The monoisotopic (exact) mass is 244 g/mol. The van der Waals surface area contributed by atoms with E-state index in [1.165, 1.54) is 5.56 Å². The summed E-state index contributed by atoms with van der Waals surface area (Å²) in [4.78, 5) is 0. The third-order valence-electron chi connectivity index (χ3n) is 1.90. The quantitative estimate of drug-likeness (QED) is 0.762. The van der Waals surface area contributed by atoms with Crippen molar-refractivity contribution in [2.24, 2.45) is 0 Å². The van der Waals surface area contributed by atoms with Gasteiger partial charge in [0, 0.05) is 24.3 Å². The van der Waals surface area contributed by atoms with Gasteiger partial charge in [-0.25, -0.2) is 0 Å². The highest BCUT2D eigenvalue weighted by Crippen LogP contribution is 2.23. The molecule has 0 aliphatic carbocycles. The molecular weight excluding hydrogens is 232 g/mol. The molecule has 3 heteroatoms. The van der Waals surface area contributed by atoms with Crippen molar-refractivity contribution in [1.82, 2.24) is 0 Å². The van der Waals surface area contributed by atoms with Crippen molar-refractivity contribution in [2.45, 2.75) is 13.2 Å². The molecular formula is C10H13BrO2. The lowest BCUT2D eigenvalue weighted by molar-refractivity contribution is -0.106. The van der Waals surface area contributed by atoms with Crippen LogP contribution in [0.5, 0.6) is 0 Å². The first kappa shape index (κ1) is 10.7. The van der Waals surface area contributed by atoms with Gasteiger partial charge < -0.3 is 9.47 Å². The molecule has 0 heterocycles. The number of ether oxygens (including phenoxy) is 2. The van der Waals surface area contributed by atoms with Crippen molar-refractivity contribution >= 4 is 15.9 Å². The summed E-state index contributed by atoms with van der Waals surface area (Å²) >= 11 is 3.46. The molecule has 1 aromatic rings. The van der Waals surface area contributed by atoms with E-state index in [9.17, 15) is 0 Å². The van der Waals surface area contributed by atoms with Crippen LogP contribution in [0.4, 0.5) is 0 Å². The van der Waals surface area contributed by atoms with Crippen molar-refractivity contribution in [3.05, 3.63) is 33.8 Å². The zero-order valence-electron chi connectivity index (χ0n) is 8.00. The highest BCUT2D eigenvalue weighted by Gasteiger charge is 2.09. The van der Waals surface area contributed by atoms with E-state index in [-0.39, 0.29) is 6.29 Å². The maximum absolute atomic E-state index is 5.14. The lowest BCUT2D eigenvalue weighted by atomic mass is 10.1. The summed E-state index contributed by atoms with van der Waals surface area (Å²) < 4.78 is 11.3. The summed E-state index contributed by atoms with van der Waals surface area (Å²) in [5.74, 6) is 0. The summed E-state index contributed by atoms with van der Waals surface area (Å²) in [5, 5.41) is 0. The Kier molecular flexibility index (Phi) is 3.90. The van der Waals surface area contributed by atoms with E-state index in [1.807, 2.05) is 25.1 Å². The van der Waals surface area contributed by atoms with Crippen LogP contribution in [0.3, 0.4) is 0 Å². The second-order valence-electron chi connectivity index (χ2n) is 2.81. The molecule has 0 N–H and O–H groups in total. The van der Waals surface area contributed by atoms with Gasteiger partial charge in [0.15, 0.2) is 6.29 Å². The minimum absolute atomic E-state index is 0.281. The second kappa shape index (κ2) is 4.74. The van der Waals surface area contributed by atoms with Gasteiger partial charge in [0.05, 0.1) is 0 Å². The van der Waals surface area contributed by atoms with Gasteiger partial charge in [0.2, 0.25) is 0 Å². The molecule has 0 saturated heterocycles. The fourth-order valence-corrected chi connectivity index (χ4v) is 1.52. The van der Waals surface area contributed by atoms with Crippen molar-refractivity contribution in [1.29, 1.82) is 0 Å². The molecule has 72 valence electrons. The molecule has 2 nitrogen and oxygen atoms in total. The Morgan fingerprint density at radius 2 is 1.85 bits per heavy atom. The maximum atomic E-state index is 5.14. The van der Waals surface area contributed by atoms with E-state index >= 15 is 0 Å². The fraction of sp³-hybridized carbons (Fsp3) is 0.400. The van der Waals surface area contributed by atoms with Gasteiger partial charge in [0.1, 0.15) is 0 Å². The van der Waals surface area contributed by atoms with Crippen LogP contribution in [-0.4, -0.2) is 14.2 Å². The van der Waals surface area contributed by atoms with E-state index in [1.54, 1.807) is 14.2 Å². The molecule has 0 aliphatic rings. The van der Waals surface area contributed by atoms with Crippen LogP contribution in [0.25, 0.3) is 0 Å². The molecule has 0 radical (unpaired) electrons. The Hall–Kier alpha value is -0.380. The summed E-state index contributed by atoms with van der Waals surface area (Å²) in [6, 6.07) is 6.04. The smallest absolute Gasteiger partial charge is 0.183 e. The molecule has 0 unspecified atom stereocenters. The van der Waals surface area contributed by atoms with Gasteiger partial charge in [-0.15, -0.1) is 0 Å². The first-order valence-corrected chi connectivity index (χ1v) is 4.80. The van der Waals surface area contributed by atoms with E-state index < -0.39 is 0 Å². The van der Waals surface area contributed by atoms with Crippen LogP contribution in [0.1, 0.15) is 17.4 Å². The van der Waals surface area contributed by atoms with E-state index in [4.69, 9.17) is 9.47 Å². The summed E-state index contributed by atoms with van der Waals surface area (Å²) in [7, 11) is 3.25. The van der Waals surface area contributed by atoms with Gasteiger partial charge in [-0.1, -0.05) is 28.1 Å². The average molecular weight is 245 g/mol. The van der Waals surface area contributed by atoms with Gasteiger partial charge in [-0.2, -0.15) is 0 Å². The molecule has 0 saturated carbocycles. The first-order chi connectivity index (χ1) is 6.19. The Morgan fingerprint density at radius 3 is 2.31 bits per heavy atom. The number of halogens is 1. The Balaban J connectivity index is 2.95. The van der Waals surface area contributed by atoms with E-state index in [0.717, 1.165) is 10.0 Å². The van der Waals surface area contributed by atoms with Gasteiger partial charge in [-0.3, -0.25) is 0 Å². The first-order valence-electron chi connectivity index (χ1n) is 4.00. The van der Waals surface area contributed by atoms with Gasteiger partial charge in [0.25, 0.3) is 0 Å². The largest absolute Gasteiger partial charge is 0.352 e. The number of aryl methyl sites for hydroxylation is 1. The highest BCUT2D eigenvalue weighted by atomic mass is 79.9. The van der Waals surface area contributed by atoms with Crippen LogP contribution in [0, 0.1) is 6.92 Å². The van der Waals surface area contributed by atoms with E-state index in [2.05, 4.69) is 15.9 Å². The summed E-state index contributed by atoms with van der Waals surface area (Å²) in [5.41, 5.74) is 2.22. The van der Waals surface area contributed by atoms with Crippen LogP contribution in [0.2, 0.25) is 0 Å². The molecule has 0 bridgehead atoms. The zero-order valence-corrected chi connectivity index (χ0v) is 9.59. The molecule has 1 rings (SSSR count). The molecule has 0 fully saturated rings. The molecule has 0 amide bonds. The van der Waals surface area contributed by atoms with Crippen LogP contribution in [-0.2, 0) is 9.47 Å². The summed E-state index contributed by atoms with van der Waals surface area (Å²) in [6.07, 6.45) is -0.281. The number of benzene rings is 1. The predicted molar refractivity (Wildman–Crippen MR) is 55.6 cm³/mol. The molecule has 13 heavy (non-hydrogen) atoms. The minimum atomic E-state index is -0.281. The van der Waals surface area contributed by atoms with Gasteiger partial charge >= 0.3 is 0 Å². The normalized spacial score (nSPS) is 10.8. The molecule has 0 atom stereocenters. The van der Waals surface area contributed by atoms with Gasteiger partial charge in [-0.05, 0) is 18.6 Å².